The van der Waals surface area contributed by atoms with Gasteiger partial charge in [-0.2, -0.15) is 0 Å². The molecular weight excluding hydrogens is 889 g/mol. The van der Waals surface area contributed by atoms with Crippen LogP contribution in [0.25, 0.3) is 0 Å². The highest BCUT2D eigenvalue weighted by Gasteiger charge is 2.19. The van der Waals surface area contributed by atoms with E-state index in [1.807, 2.05) is 0 Å². The van der Waals surface area contributed by atoms with Crippen LogP contribution < -0.4 is 0 Å². The molecule has 0 heterocycles. The molecule has 0 fully saturated rings. The van der Waals surface area contributed by atoms with Crippen molar-refractivity contribution in [3.05, 3.63) is 134 Å². The van der Waals surface area contributed by atoms with E-state index < -0.39 is 6.10 Å². The van der Waals surface area contributed by atoms with E-state index in [2.05, 4.69) is 154 Å². The zero-order valence-electron chi connectivity index (χ0n) is 46.4. The van der Waals surface area contributed by atoms with Crippen molar-refractivity contribution in [3.63, 3.8) is 0 Å². The second kappa shape index (κ2) is 59.1. The number of carbonyl (C=O) groups is 3. The van der Waals surface area contributed by atoms with Crippen molar-refractivity contribution in [3.8, 4) is 0 Å². The van der Waals surface area contributed by atoms with Crippen LogP contribution in [-0.2, 0) is 28.6 Å². The first-order chi connectivity index (χ1) is 35.5. The molecule has 1 atom stereocenters. The number of carbonyl (C=O) groups excluding carboxylic acids is 3. The molecule has 0 aromatic heterocycles. The lowest BCUT2D eigenvalue weighted by Crippen LogP contribution is -2.30. The summed E-state index contributed by atoms with van der Waals surface area (Å²) < 4.78 is 16.8. The van der Waals surface area contributed by atoms with E-state index in [-0.39, 0.29) is 37.5 Å². The number of unbranched alkanes of at least 4 members (excludes halogenated alkanes) is 18. The van der Waals surface area contributed by atoms with Gasteiger partial charge in [-0.3, -0.25) is 14.4 Å². The summed E-state index contributed by atoms with van der Waals surface area (Å²) in [5.41, 5.74) is 0. The van der Waals surface area contributed by atoms with Crippen LogP contribution in [0, 0.1) is 0 Å². The monoisotopic (exact) mass is 995 g/mol. The lowest BCUT2D eigenvalue weighted by molar-refractivity contribution is -0.167. The van der Waals surface area contributed by atoms with Gasteiger partial charge in [0.15, 0.2) is 6.10 Å². The summed E-state index contributed by atoms with van der Waals surface area (Å²) in [6.45, 7) is 6.37. The third-order valence-electron chi connectivity index (χ3n) is 11.8. The van der Waals surface area contributed by atoms with Crippen molar-refractivity contribution in [1.82, 2.24) is 0 Å². The Hall–Kier alpha value is -4.45. The molecule has 0 aliphatic heterocycles. The van der Waals surface area contributed by atoms with Crippen LogP contribution in [0.5, 0.6) is 0 Å². The fourth-order valence-corrected chi connectivity index (χ4v) is 7.50. The van der Waals surface area contributed by atoms with Gasteiger partial charge in [0.2, 0.25) is 0 Å². The van der Waals surface area contributed by atoms with E-state index in [0.29, 0.717) is 19.3 Å². The van der Waals surface area contributed by atoms with Crippen LogP contribution >= 0.6 is 0 Å². The first-order valence-corrected chi connectivity index (χ1v) is 29.2. The van der Waals surface area contributed by atoms with Crippen LogP contribution in [0.3, 0.4) is 0 Å². The molecule has 0 N–H and O–H groups in total. The Bertz CT molecular complexity index is 1560. The molecule has 6 nitrogen and oxygen atoms in total. The van der Waals surface area contributed by atoms with Crippen LogP contribution in [0.2, 0.25) is 0 Å². The summed E-state index contributed by atoms with van der Waals surface area (Å²) in [5, 5.41) is 0. The molecule has 6 heteroatoms. The van der Waals surface area contributed by atoms with Gasteiger partial charge in [-0.05, 0) is 128 Å². The Morgan fingerprint density at radius 2 is 0.583 bits per heavy atom. The molecule has 0 aliphatic carbocycles. The van der Waals surface area contributed by atoms with Gasteiger partial charge in [-0.1, -0.05) is 231 Å². The van der Waals surface area contributed by atoms with Crippen molar-refractivity contribution in [2.75, 3.05) is 13.2 Å². The molecule has 72 heavy (non-hydrogen) atoms. The Balaban J connectivity index is 4.46. The fourth-order valence-electron chi connectivity index (χ4n) is 7.50. The van der Waals surface area contributed by atoms with Crippen LogP contribution in [0.15, 0.2) is 134 Å². The molecule has 0 aliphatic rings. The maximum Gasteiger partial charge on any atom is 0.306 e. The number of hydrogen-bond acceptors (Lipinski definition) is 6. The van der Waals surface area contributed by atoms with Crippen LogP contribution in [0.1, 0.15) is 245 Å². The summed E-state index contributed by atoms with van der Waals surface area (Å²) in [5.74, 6) is -1.00. The van der Waals surface area contributed by atoms with Crippen molar-refractivity contribution >= 4 is 17.9 Å². The Morgan fingerprint density at radius 1 is 0.292 bits per heavy atom. The van der Waals surface area contributed by atoms with Gasteiger partial charge in [-0.25, -0.2) is 0 Å². The van der Waals surface area contributed by atoms with Crippen molar-refractivity contribution in [2.45, 2.75) is 252 Å². The molecule has 0 bridgehead atoms. The molecule has 0 aromatic carbocycles. The van der Waals surface area contributed by atoms with Gasteiger partial charge in [0.05, 0.1) is 0 Å². The maximum absolute atomic E-state index is 12.9. The fraction of sp³-hybridized carbons (Fsp3) is 0.621. The van der Waals surface area contributed by atoms with Gasteiger partial charge < -0.3 is 14.2 Å². The second-order valence-corrected chi connectivity index (χ2v) is 18.8. The predicted molar refractivity (Wildman–Crippen MR) is 311 cm³/mol. The number of hydrogen-bond donors (Lipinski definition) is 0. The van der Waals surface area contributed by atoms with E-state index in [4.69, 9.17) is 14.2 Å². The Labute approximate surface area is 443 Å². The minimum Gasteiger partial charge on any atom is -0.462 e. The second-order valence-electron chi connectivity index (χ2n) is 18.8. The molecule has 0 radical (unpaired) electrons. The molecule has 0 spiro atoms. The normalized spacial score (nSPS) is 13.1. The summed E-state index contributed by atoms with van der Waals surface area (Å²) in [7, 11) is 0. The average molecular weight is 996 g/mol. The summed E-state index contributed by atoms with van der Waals surface area (Å²) in [4.78, 5) is 38.1. The number of ether oxygens (including phenoxy) is 3. The zero-order valence-corrected chi connectivity index (χ0v) is 46.4. The summed E-state index contributed by atoms with van der Waals surface area (Å²) >= 11 is 0. The van der Waals surface area contributed by atoms with Crippen LogP contribution in [0.4, 0.5) is 0 Å². The smallest absolute Gasteiger partial charge is 0.306 e. The van der Waals surface area contributed by atoms with E-state index in [1.165, 1.54) is 64.2 Å². The number of rotatable bonds is 51. The van der Waals surface area contributed by atoms with E-state index in [1.54, 1.807) is 0 Å². The molecule has 406 valence electrons. The number of allylic oxidation sites excluding steroid dienone is 22. The summed E-state index contributed by atoms with van der Waals surface area (Å²) in [6, 6.07) is 0. The molecule has 0 aromatic rings. The predicted octanol–water partition coefficient (Wildman–Crippen LogP) is 19.8. The van der Waals surface area contributed by atoms with Gasteiger partial charge in [0.25, 0.3) is 0 Å². The largest absolute Gasteiger partial charge is 0.462 e. The van der Waals surface area contributed by atoms with E-state index in [0.717, 1.165) is 135 Å². The molecule has 0 rings (SSSR count). The zero-order chi connectivity index (χ0) is 52.2. The van der Waals surface area contributed by atoms with Crippen molar-refractivity contribution in [1.29, 1.82) is 0 Å². The van der Waals surface area contributed by atoms with E-state index >= 15 is 0 Å². The van der Waals surface area contributed by atoms with Crippen molar-refractivity contribution < 1.29 is 28.6 Å². The molecule has 0 saturated heterocycles. The minimum absolute atomic E-state index is 0.110. The molecule has 1 unspecified atom stereocenters. The van der Waals surface area contributed by atoms with Gasteiger partial charge in [0, 0.05) is 19.3 Å². The highest BCUT2D eigenvalue weighted by atomic mass is 16.6. The van der Waals surface area contributed by atoms with Crippen LogP contribution in [-0.4, -0.2) is 37.2 Å². The van der Waals surface area contributed by atoms with Gasteiger partial charge in [-0.15, -0.1) is 0 Å². The van der Waals surface area contributed by atoms with Gasteiger partial charge >= 0.3 is 17.9 Å². The summed E-state index contributed by atoms with van der Waals surface area (Å²) in [6.07, 6.45) is 83.1. The maximum atomic E-state index is 12.9. The molecular formula is C66H106O6. The average Bonchev–Trinajstić information content (AvgIpc) is 3.38. The van der Waals surface area contributed by atoms with Crippen molar-refractivity contribution in [2.24, 2.45) is 0 Å². The molecule has 0 amide bonds. The Kier molecular flexibility index (Phi) is 55.5. The first-order valence-electron chi connectivity index (χ1n) is 29.2. The Morgan fingerprint density at radius 3 is 0.972 bits per heavy atom. The highest BCUT2D eigenvalue weighted by molar-refractivity contribution is 5.71. The number of esters is 3. The third kappa shape index (κ3) is 56.5. The lowest BCUT2D eigenvalue weighted by Gasteiger charge is -2.18. The third-order valence-corrected chi connectivity index (χ3v) is 11.8. The first kappa shape index (κ1) is 67.5. The quantitative estimate of drug-likeness (QED) is 0.0261. The minimum atomic E-state index is -0.817. The highest BCUT2D eigenvalue weighted by Crippen LogP contribution is 2.13. The lowest BCUT2D eigenvalue weighted by atomic mass is 10.1. The molecule has 0 saturated carbocycles. The SMILES string of the molecule is CC/C=C\C/C=C\C/C=C\C/C=C\C/C=C\C/C=C\C/C=C\CCCC(=O)OCC(COC(=O)CCCCCCC/C=C\CCC)OC(=O)CCCCCCCC/C=C\C/C=C\C/C=C\CCCCCCC. The van der Waals surface area contributed by atoms with Gasteiger partial charge in [0.1, 0.15) is 13.2 Å². The standard InChI is InChI=1S/C66H106O6/c1-4-7-10-13-16-19-22-24-26-28-30-32-33-35-36-38-40-42-44-47-50-53-56-59-65(68)71-62-63(61-70-64(67)58-55-52-49-46-21-18-15-12-9-6-3)72-66(69)60-57-54-51-48-45-43-41-39-37-34-31-29-27-25-23-20-17-14-11-8-5-2/h7,10,12,15-16,19,23-26,29-32,35-37,39-40,42,47,50,63H,4-6,8-9,11,13-14,17-18,20-22,27-28,33-34,38,41,43-46,48-49,51-62H2,1-3H3/b10-7-,15-12-,19-16-,25-23-,26-24-,31-29-,32-30-,36-35-,39-37-,42-40-,50-47-. The topological polar surface area (TPSA) is 78.9 Å². The van der Waals surface area contributed by atoms with E-state index in [9.17, 15) is 14.4 Å².